The van der Waals surface area contributed by atoms with E-state index in [1.807, 2.05) is 50.2 Å². The number of imide groups is 1. The molecule has 0 aromatic heterocycles. The minimum Gasteiger partial charge on any atom is -0.373 e. The molecule has 1 N–H and O–H groups in total. The number of hydrogen-bond donors (Lipinski definition) is 1. The first-order valence-corrected chi connectivity index (χ1v) is 7.32. The molecule has 1 atom stereocenters. The van der Waals surface area contributed by atoms with Gasteiger partial charge in [-0.25, -0.2) is 4.90 Å². The lowest BCUT2D eigenvalue weighted by Gasteiger charge is -2.16. The fourth-order valence-electron chi connectivity index (χ4n) is 2.63. The number of hydrogen-bond acceptors (Lipinski definition) is 3. The predicted octanol–water partition coefficient (Wildman–Crippen LogP) is 3.05. The second-order valence-corrected chi connectivity index (χ2v) is 5.60. The Morgan fingerprint density at radius 3 is 2.41 bits per heavy atom. The maximum absolute atomic E-state index is 12.5. The quantitative estimate of drug-likeness (QED) is 0.885. The number of carbonyl (C=O) groups is 2. The maximum Gasteiger partial charge on any atom is 0.256 e. The Kier molecular flexibility index (Phi) is 3.67. The van der Waals surface area contributed by atoms with Crippen LogP contribution in [0.2, 0.25) is 0 Å². The molecule has 1 fully saturated rings. The molecular formula is C18H18N2O2. The first-order valence-electron chi connectivity index (χ1n) is 7.32. The Morgan fingerprint density at radius 2 is 1.73 bits per heavy atom. The SMILES string of the molecule is Cc1ccc(N[C@H]2CC(=O)N(c3ccccc3)C2=O)cc1C. The molecule has 0 radical (unpaired) electrons. The van der Waals surface area contributed by atoms with Gasteiger partial charge in [-0.05, 0) is 49.2 Å². The van der Waals surface area contributed by atoms with Crippen LogP contribution < -0.4 is 10.2 Å². The summed E-state index contributed by atoms with van der Waals surface area (Å²) in [5, 5.41) is 3.18. The lowest BCUT2D eigenvalue weighted by atomic mass is 10.1. The number of para-hydroxylation sites is 1. The second-order valence-electron chi connectivity index (χ2n) is 5.60. The van der Waals surface area contributed by atoms with Gasteiger partial charge in [-0.15, -0.1) is 0 Å². The molecule has 2 amide bonds. The van der Waals surface area contributed by atoms with E-state index in [-0.39, 0.29) is 18.2 Å². The average Bonchev–Trinajstić information content (AvgIpc) is 2.78. The van der Waals surface area contributed by atoms with Crippen LogP contribution in [-0.4, -0.2) is 17.9 Å². The lowest BCUT2D eigenvalue weighted by molar-refractivity contribution is -0.121. The van der Waals surface area contributed by atoms with Crippen LogP contribution in [0.3, 0.4) is 0 Å². The maximum atomic E-state index is 12.5. The van der Waals surface area contributed by atoms with Crippen LogP contribution in [0.5, 0.6) is 0 Å². The molecule has 2 aromatic carbocycles. The molecule has 0 spiro atoms. The molecule has 1 aliphatic rings. The zero-order chi connectivity index (χ0) is 15.7. The number of anilines is 2. The zero-order valence-electron chi connectivity index (χ0n) is 12.7. The fraction of sp³-hybridized carbons (Fsp3) is 0.222. The van der Waals surface area contributed by atoms with E-state index in [1.165, 1.54) is 10.5 Å². The fourth-order valence-corrected chi connectivity index (χ4v) is 2.63. The van der Waals surface area contributed by atoms with E-state index in [0.29, 0.717) is 5.69 Å². The van der Waals surface area contributed by atoms with Gasteiger partial charge < -0.3 is 5.32 Å². The van der Waals surface area contributed by atoms with E-state index in [9.17, 15) is 9.59 Å². The highest BCUT2D eigenvalue weighted by Crippen LogP contribution is 2.25. The Morgan fingerprint density at radius 1 is 1.00 bits per heavy atom. The molecule has 1 heterocycles. The van der Waals surface area contributed by atoms with E-state index < -0.39 is 6.04 Å². The highest BCUT2D eigenvalue weighted by atomic mass is 16.2. The molecule has 2 aromatic rings. The number of nitrogens with zero attached hydrogens (tertiary/aromatic N) is 1. The van der Waals surface area contributed by atoms with Crippen LogP contribution in [-0.2, 0) is 9.59 Å². The third-order valence-corrected chi connectivity index (χ3v) is 4.01. The van der Waals surface area contributed by atoms with Crippen molar-refractivity contribution < 1.29 is 9.59 Å². The minimum atomic E-state index is -0.505. The largest absolute Gasteiger partial charge is 0.373 e. The molecule has 3 rings (SSSR count). The van der Waals surface area contributed by atoms with Crippen molar-refractivity contribution in [3.63, 3.8) is 0 Å². The van der Waals surface area contributed by atoms with Gasteiger partial charge in [0.2, 0.25) is 5.91 Å². The van der Waals surface area contributed by atoms with Crippen molar-refractivity contribution in [3.8, 4) is 0 Å². The van der Waals surface area contributed by atoms with Crippen LogP contribution in [0.25, 0.3) is 0 Å². The molecule has 0 saturated carbocycles. The van der Waals surface area contributed by atoms with E-state index in [2.05, 4.69) is 5.32 Å². The van der Waals surface area contributed by atoms with Gasteiger partial charge in [0.1, 0.15) is 6.04 Å². The van der Waals surface area contributed by atoms with Gasteiger partial charge in [0, 0.05) is 5.69 Å². The van der Waals surface area contributed by atoms with Gasteiger partial charge in [-0.1, -0.05) is 24.3 Å². The number of nitrogens with one attached hydrogen (secondary N) is 1. The predicted molar refractivity (Wildman–Crippen MR) is 86.9 cm³/mol. The van der Waals surface area contributed by atoms with Crippen molar-refractivity contribution in [2.45, 2.75) is 26.3 Å². The second kappa shape index (κ2) is 5.64. The smallest absolute Gasteiger partial charge is 0.256 e. The molecular weight excluding hydrogens is 276 g/mol. The van der Waals surface area contributed by atoms with Gasteiger partial charge in [-0.2, -0.15) is 0 Å². The number of amides is 2. The summed E-state index contributed by atoms with van der Waals surface area (Å²) in [6.45, 7) is 4.07. The molecule has 0 bridgehead atoms. The van der Waals surface area contributed by atoms with Gasteiger partial charge in [0.15, 0.2) is 0 Å². The lowest BCUT2D eigenvalue weighted by Crippen LogP contribution is -2.34. The van der Waals surface area contributed by atoms with Crippen molar-refractivity contribution in [2.75, 3.05) is 10.2 Å². The molecule has 1 aliphatic heterocycles. The van der Waals surface area contributed by atoms with E-state index in [4.69, 9.17) is 0 Å². The third-order valence-electron chi connectivity index (χ3n) is 4.01. The van der Waals surface area contributed by atoms with Crippen LogP contribution in [0.4, 0.5) is 11.4 Å². The van der Waals surface area contributed by atoms with Crippen LogP contribution in [0, 0.1) is 13.8 Å². The van der Waals surface area contributed by atoms with Crippen molar-refractivity contribution in [3.05, 3.63) is 59.7 Å². The number of aryl methyl sites for hydroxylation is 2. The van der Waals surface area contributed by atoms with Crippen molar-refractivity contribution in [1.82, 2.24) is 0 Å². The topological polar surface area (TPSA) is 49.4 Å². The summed E-state index contributed by atoms with van der Waals surface area (Å²) in [5.41, 5.74) is 3.85. The van der Waals surface area contributed by atoms with E-state index in [0.717, 1.165) is 11.3 Å². The van der Waals surface area contributed by atoms with Crippen molar-refractivity contribution >= 4 is 23.2 Å². The number of carbonyl (C=O) groups excluding carboxylic acids is 2. The van der Waals surface area contributed by atoms with E-state index >= 15 is 0 Å². The monoisotopic (exact) mass is 294 g/mol. The molecule has 22 heavy (non-hydrogen) atoms. The minimum absolute atomic E-state index is 0.169. The summed E-state index contributed by atoms with van der Waals surface area (Å²) < 4.78 is 0. The molecule has 4 heteroatoms. The molecule has 4 nitrogen and oxygen atoms in total. The summed E-state index contributed by atoms with van der Waals surface area (Å²) in [7, 11) is 0. The van der Waals surface area contributed by atoms with Crippen molar-refractivity contribution in [1.29, 1.82) is 0 Å². The van der Waals surface area contributed by atoms with Gasteiger partial charge in [-0.3, -0.25) is 9.59 Å². The Hall–Kier alpha value is -2.62. The Bertz CT molecular complexity index is 725. The number of benzene rings is 2. The highest BCUT2D eigenvalue weighted by molar-refractivity contribution is 6.23. The molecule has 0 aliphatic carbocycles. The van der Waals surface area contributed by atoms with Gasteiger partial charge in [0.25, 0.3) is 5.91 Å². The Balaban J connectivity index is 1.80. The Labute approximate surface area is 129 Å². The summed E-state index contributed by atoms with van der Waals surface area (Å²) in [6, 6.07) is 14.5. The summed E-state index contributed by atoms with van der Waals surface area (Å²) in [5.74, 6) is -0.369. The molecule has 1 saturated heterocycles. The average molecular weight is 294 g/mol. The third kappa shape index (κ3) is 2.60. The summed E-state index contributed by atoms with van der Waals surface area (Å²) >= 11 is 0. The summed E-state index contributed by atoms with van der Waals surface area (Å²) in [4.78, 5) is 25.9. The standard InChI is InChI=1S/C18H18N2O2/c1-12-8-9-14(10-13(12)2)19-16-11-17(21)20(18(16)22)15-6-4-3-5-7-15/h3-10,16,19H,11H2,1-2H3/t16-/m0/s1. The number of rotatable bonds is 3. The van der Waals surface area contributed by atoms with Gasteiger partial charge >= 0.3 is 0 Å². The zero-order valence-corrected chi connectivity index (χ0v) is 12.7. The van der Waals surface area contributed by atoms with E-state index in [1.54, 1.807) is 12.1 Å². The van der Waals surface area contributed by atoms with Gasteiger partial charge in [0.05, 0.1) is 12.1 Å². The van der Waals surface area contributed by atoms with Crippen molar-refractivity contribution in [2.24, 2.45) is 0 Å². The van der Waals surface area contributed by atoms with Crippen LogP contribution in [0.1, 0.15) is 17.5 Å². The first-order chi connectivity index (χ1) is 10.6. The van der Waals surface area contributed by atoms with Crippen LogP contribution in [0.15, 0.2) is 48.5 Å². The summed E-state index contributed by atoms with van der Waals surface area (Å²) in [6.07, 6.45) is 0.181. The highest BCUT2D eigenvalue weighted by Gasteiger charge is 2.39. The molecule has 112 valence electrons. The van der Waals surface area contributed by atoms with Crippen LogP contribution >= 0.6 is 0 Å². The normalized spacial score (nSPS) is 17.9. The first kappa shape index (κ1) is 14.3. The molecule has 0 unspecified atom stereocenters.